The lowest BCUT2D eigenvalue weighted by molar-refractivity contribution is -0.379. The molecule has 2 heterocycles. The molecule has 0 aliphatic carbocycles. The second kappa shape index (κ2) is 10.4. The minimum atomic E-state index is -1.76. The fourth-order valence-electron chi connectivity index (χ4n) is 3.09. The first kappa shape index (κ1) is 25.7. The van der Waals surface area contributed by atoms with Crippen LogP contribution >= 0.6 is 0 Å². The summed E-state index contributed by atoms with van der Waals surface area (Å²) in [6.45, 7) is 0.882. The summed E-state index contributed by atoms with van der Waals surface area (Å²) in [5.74, 6) is 0. The van der Waals surface area contributed by atoms with E-state index in [2.05, 4.69) is 0 Å². The summed E-state index contributed by atoms with van der Waals surface area (Å²) in [7, 11) is 0. The predicted octanol–water partition coefficient (Wildman–Crippen LogP) is -5.24. The molecule has 2 saturated heterocycles. The van der Waals surface area contributed by atoms with E-state index in [1.807, 2.05) is 0 Å². The molecule has 2 aliphatic rings. The molecule has 178 valence electrons. The molecule has 2 fully saturated rings. The highest BCUT2D eigenvalue weighted by atomic mass is 16.8. The van der Waals surface area contributed by atoms with Crippen molar-refractivity contribution in [2.45, 2.75) is 87.0 Å². The summed E-state index contributed by atoms with van der Waals surface area (Å²) in [6, 6.07) is 0. The van der Waals surface area contributed by atoms with Gasteiger partial charge in [-0.05, 0) is 13.8 Å². The Balaban J connectivity index is 2.05. The molecule has 0 aromatic carbocycles. The van der Waals surface area contributed by atoms with Crippen LogP contribution in [0.1, 0.15) is 13.8 Å². The zero-order valence-corrected chi connectivity index (χ0v) is 16.6. The van der Waals surface area contributed by atoms with Gasteiger partial charge in [0.05, 0.1) is 25.4 Å². The highest BCUT2D eigenvalue weighted by Gasteiger charge is 2.50. The first-order chi connectivity index (χ1) is 13.9. The largest absolute Gasteiger partial charge is 0.394 e. The average molecular weight is 444 g/mol. The Labute approximate surface area is 172 Å². The molecule has 4 unspecified atom stereocenters. The van der Waals surface area contributed by atoms with E-state index in [1.165, 1.54) is 13.8 Å². The van der Waals surface area contributed by atoms with Gasteiger partial charge in [-0.15, -0.1) is 0 Å². The summed E-state index contributed by atoms with van der Waals surface area (Å²) in [5.41, 5.74) is -1.50. The second-order valence-electron chi connectivity index (χ2n) is 8.01. The van der Waals surface area contributed by atoms with Gasteiger partial charge in [-0.3, -0.25) is 0 Å². The van der Waals surface area contributed by atoms with E-state index < -0.39 is 92.9 Å². The molecule has 0 aromatic rings. The van der Waals surface area contributed by atoms with Crippen LogP contribution in [0.3, 0.4) is 0 Å². The van der Waals surface area contributed by atoms with Crippen molar-refractivity contribution in [3.63, 3.8) is 0 Å². The second-order valence-corrected chi connectivity index (χ2v) is 8.01. The van der Waals surface area contributed by atoms with E-state index in [0.29, 0.717) is 0 Å². The van der Waals surface area contributed by atoms with Gasteiger partial charge in [0.1, 0.15) is 54.9 Å². The third-order valence-corrected chi connectivity index (χ3v) is 5.20. The Morgan fingerprint density at radius 2 is 1.30 bits per heavy atom. The predicted molar refractivity (Wildman–Crippen MR) is 94.7 cm³/mol. The Morgan fingerprint density at radius 3 is 1.80 bits per heavy atom. The molecule has 13 heteroatoms. The standard InChI is InChI=1S/C17H32O13/c1-17(2,26)8(20)5-27-14-7(4-19)29-16(13(25)11(14)23)30-15-12(24)10(22)9(21)6(3-18)28-15/h6-16,18-26H,3-5H2,1-2H3/t6-,7?,8+,9-,10?,11?,12?,13+,14-,15-,16-/m1/s1. The van der Waals surface area contributed by atoms with Crippen molar-refractivity contribution in [1.82, 2.24) is 0 Å². The zero-order valence-electron chi connectivity index (χ0n) is 16.6. The quantitative estimate of drug-likeness (QED) is 0.171. The third kappa shape index (κ3) is 5.63. The van der Waals surface area contributed by atoms with Crippen LogP contribution in [-0.4, -0.2) is 139 Å². The first-order valence-electron chi connectivity index (χ1n) is 9.52. The van der Waals surface area contributed by atoms with Crippen LogP contribution in [0, 0.1) is 0 Å². The van der Waals surface area contributed by atoms with Crippen molar-refractivity contribution < 1.29 is 64.9 Å². The van der Waals surface area contributed by atoms with Crippen LogP contribution in [0.2, 0.25) is 0 Å². The highest BCUT2D eigenvalue weighted by molar-refractivity contribution is 4.93. The molecule has 0 aromatic heterocycles. The highest BCUT2D eigenvalue weighted by Crippen LogP contribution is 2.29. The Hall–Kier alpha value is -0.520. The Morgan fingerprint density at radius 1 is 0.800 bits per heavy atom. The molecule has 0 spiro atoms. The monoisotopic (exact) mass is 444 g/mol. The van der Waals surface area contributed by atoms with Crippen LogP contribution in [-0.2, 0) is 18.9 Å². The van der Waals surface area contributed by atoms with E-state index in [0.717, 1.165) is 0 Å². The maximum atomic E-state index is 10.4. The number of aliphatic hydroxyl groups is 9. The maximum absolute atomic E-state index is 10.4. The van der Waals surface area contributed by atoms with Crippen LogP contribution in [0.15, 0.2) is 0 Å². The van der Waals surface area contributed by atoms with Crippen molar-refractivity contribution in [2.24, 2.45) is 0 Å². The molecule has 30 heavy (non-hydrogen) atoms. The summed E-state index contributed by atoms with van der Waals surface area (Å²) < 4.78 is 21.2. The summed E-state index contributed by atoms with van der Waals surface area (Å²) in [4.78, 5) is 0. The molecule has 0 bridgehead atoms. The molecule has 0 amide bonds. The maximum Gasteiger partial charge on any atom is 0.189 e. The van der Waals surface area contributed by atoms with Crippen molar-refractivity contribution in [3.8, 4) is 0 Å². The zero-order chi connectivity index (χ0) is 22.8. The Kier molecular flexibility index (Phi) is 8.92. The smallest absolute Gasteiger partial charge is 0.189 e. The van der Waals surface area contributed by atoms with Gasteiger partial charge >= 0.3 is 0 Å². The fraction of sp³-hybridized carbons (Fsp3) is 1.00. The van der Waals surface area contributed by atoms with Gasteiger partial charge in [0.2, 0.25) is 0 Å². The molecule has 0 saturated carbocycles. The van der Waals surface area contributed by atoms with Gasteiger partial charge in [-0.25, -0.2) is 0 Å². The average Bonchev–Trinajstić information content (AvgIpc) is 2.69. The molecule has 2 rings (SSSR count). The van der Waals surface area contributed by atoms with E-state index in [9.17, 15) is 46.0 Å². The van der Waals surface area contributed by atoms with E-state index in [4.69, 9.17) is 18.9 Å². The third-order valence-electron chi connectivity index (χ3n) is 5.20. The lowest BCUT2D eigenvalue weighted by Gasteiger charge is -2.45. The fourth-order valence-corrected chi connectivity index (χ4v) is 3.09. The van der Waals surface area contributed by atoms with Gasteiger partial charge in [0.15, 0.2) is 12.6 Å². The van der Waals surface area contributed by atoms with E-state index >= 15 is 0 Å². The van der Waals surface area contributed by atoms with Gasteiger partial charge in [0.25, 0.3) is 0 Å². The summed E-state index contributed by atoms with van der Waals surface area (Å²) >= 11 is 0. The minimum absolute atomic E-state index is 0.434. The SMILES string of the molecule is CC(C)(O)[C@@H](O)CO[C@@H]1C(CO)O[C@H](O[C@H]2O[C@H](CO)[C@@H](O)C(O)C2O)[C@@H](O)C1O. The Bertz CT molecular complexity index is 524. The molecule has 11 atom stereocenters. The van der Waals surface area contributed by atoms with Crippen LogP contribution < -0.4 is 0 Å². The van der Waals surface area contributed by atoms with Crippen molar-refractivity contribution in [1.29, 1.82) is 0 Å². The van der Waals surface area contributed by atoms with Gasteiger partial charge < -0.3 is 64.9 Å². The van der Waals surface area contributed by atoms with Crippen LogP contribution in [0.25, 0.3) is 0 Å². The number of hydrogen-bond acceptors (Lipinski definition) is 13. The van der Waals surface area contributed by atoms with Crippen LogP contribution in [0.4, 0.5) is 0 Å². The van der Waals surface area contributed by atoms with Crippen molar-refractivity contribution in [3.05, 3.63) is 0 Å². The molecule has 0 radical (unpaired) electrons. The number of aliphatic hydroxyl groups excluding tert-OH is 8. The number of rotatable bonds is 8. The lowest BCUT2D eigenvalue weighted by atomic mass is 9.97. The molecule has 2 aliphatic heterocycles. The minimum Gasteiger partial charge on any atom is -0.394 e. The number of hydrogen-bond donors (Lipinski definition) is 9. The van der Waals surface area contributed by atoms with E-state index in [-0.39, 0.29) is 0 Å². The molecular weight excluding hydrogens is 412 g/mol. The molecule has 13 nitrogen and oxygen atoms in total. The van der Waals surface area contributed by atoms with Gasteiger partial charge in [-0.1, -0.05) is 0 Å². The van der Waals surface area contributed by atoms with Crippen molar-refractivity contribution in [2.75, 3.05) is 19.8 Å². The normalized spacial score (nSPS) is 44.1. The van der Waals surface area contributed by atoms with Gasteiger partial charge in [-0.2, -0.15) is 0 Å². The first-order valence-corrected chi connectivity index (χ1v) is 9.52. The van der Waals surface area contributed by atoms with E-state index in [1.54, 1.807) is 0 Å². The topological polar surface area (TPSA) is 219 Å². The number of ether oxygens (including phenoxy) is 4. The van der Waals surface area contributed by atoms with Crippen LogP contribution in [0.5, 0.6) is 0 Å². The van der Waals surface area contributed by atoms with Crippen molar-refractivity contribution >= 4 is 0 Å². The molecular formula is C17H32O13. The summed E-state index contributed by atoms with van der Waals surface area (Å²) in [6.07, 6.45) is -16.9. The summed E-state index contributed by atoms with van der Waals surface area (Å²) in [5, 5.41) is 88.8. The molecule has 9 N–H and O–H groups in total. The van der Waals surface area contributed by atoms with Gasteiger partial charge in [0, 0.05) is 0 Å². The lowest BCUT2D eigenvalue weighted by Crippen LogP contribution is -2.64.